The molecule has 16 aromatic heterocycles. The minimum Gasteiger partial charge on any atom is -0.681 e. The summed E-state index contributed by atoms with van der Waals surface area (Å²) in [5.74, 6) is 0.655. The van der Waals surface area contributed by atoms with Gasteiger partial charge in [-0.25, -0.2) is 82.4 Å². The number of nitro groups is 2. The average Bonchev–Trinajstić information content (AvgIpc) is 1.70. The molecule has 0 amide bonds. The summed E-state index contributed by atoms with van der Waals surface area (Å²) in [6, 6.07) is 48.6. The Labute approximate surface area is 811 Å². The maximum atomic E-state index is 13.5. The first-order valence-corrected chi connectivity index (χ1v) is 42.0. The van der Waals surface area contributed by atoms with Crippen molar-refractivity contribution in [2.45, 2.75) is 41.5 Å². The number of anilines is 12. The van der Waals surface area contributed by atoms with Crippen LogP contribution in [0.3, 0.4) is 0 Å². The van der Waals surface area contributed by atoms with Gasteiger partial charge in [0.05, 0.1) is 120 Å². The number of nitrogens with one attached hydrogen (secondary N) is 7. The van der Waals surface area contributed by atoms with E-state index < -0.39 is 21.4 Å². The average molecular weight is 2090 g/mol. The van der Waals surface area contributed by atoms with Crippen molar-refractivity contribution in [1.82, 2.24) is 108 Å². The van der Waals surface area contributed by atoms with E-state index in [0.717, 1.165) is 146 Å². The van der Waals surface area contributed by atoms with E-state index >= 15 is 0 Å². The van der Waals surface area contributed by atoms with E-state index in [0.29, 0.717) is 57.1 Å². The van der Waals surface area contributed by atoms with Crippen molar-refractivity contribution in [3.63, 3.8) is 0 Å². The van der Waals surface area contributed by atoms with Crippen molar-refractivity contribution >= 4 is 149 Å². The zero-order chi connectivity index (χ0) is 96.0. The summed E-state index contributed by atoms with van der Waals surface area (Å²) < 4.78 is 37.9. The van der Waals surface area contributed by atoms with E-state index in [1.165, 1.54) is 29.8 Å². The normalized spacial score (nSPS) is 10.9. The third-order valence-corrected chi connectivity index (χ3v) is 21.2. The van der Waals surface area contributed by atoms with E-state index in [4.69, 9.17) is 48.3 Å². The Morgan fingerprint density at radius 1 is 0.378 bits per heavy atom. The molecule has 0 saturated carbocycles. The van der Waals surface area contributed by atoms with Crippen LogP contribution in [0, 0.1) is 98.7 Å². The molecule has 0 aliphatic heterocycles. The van der Waals surface area contributed by atoms with Gasteiger partial charge in [0.25, 0.3) is 5.69 Å². The van der Waals surface area contributed by atoms with Gasteiger partial charge in [0, 0.05) is 189 Å². The molecule has 676 valence electrons. The van der Waals surface area contributed by atoms with Gasteiger partial charge in [0.1, 0.15) is 5.15 Å². The summed E-state index contributed by atoms with van der Waals surface area (Å²) in [5.41, 5.74) is 29.7. The van der Waals surface area contributed by atoms with Gasteiger partial charge in [-0.3, -0.25) is 20.2 Å². The first kappa shape index (κ1) is 92.0. The molecule has 135 heavy (non-hydrogen) atoms. The van der Waals surface area contributed by atoms with Crippen LogP contribution in [0.2, 0.25) is 18.5 Å². The maximum absolute atomic E-state index is 13.5. The van der Waals surface area contributed by atoms with Crippen LogP contribution in [0.5, 0.6) is 0 Å². The quantitative estimate of drug-likeness (QED) is 0.0122. The summed E-state index contributed by atoms with van der Waals surface area (Å²) in [5, 5.41) is 66.6. The number of benzene rings is 4. The van der Waals surface area contributed by atoms with Crippen LogP contribution >= 0.6 is 34.8 Å². The maximum Gasteiger partial charge on any atom is 0.306 e. The molecule has 0 aliphatic carbocycles. The Morgan fingerprint density at radius 3 is 1.02 bits per heavy atom. The number of nitrogens with zero attached hydrogens (tertiary/aromatic N) is 25. The molecule has 0 unspecified atom stereocenters. The molecule has 0 atom stereocenters. The number of pyridine rings is 5. The number of fused-ring (bicyclic) bond motifs is 5. The first-order chi connectivity index (χ1) is 65.6. The first-order valence-electron chi connectivity index (χ1n) is 41.7. The molecule has 16 heterocycles. The topological polar surface area (TPSA) is 452 Å². The SMILES string of the molecule is C[N-]c1ccc(Nc2ncc(C)c(-c3cnn4ccccc34)n2)cc1[N+](=O)[O-].Cc1cnc(Cl)nc1-c1cnn2ccccc12.Cc1cnc(Cl)nc1Cl.Cc1cnc(Nc2ccc(F)c([N+](=O)[O-])c2)nc1-c1cnn2ccccc12.[2H]N(C)c1ccc(Nc2ncc(C)c(-c3cnn4ccccc34)n2)cc1N.[2H]N(C)c1ccc(Nc2ncc(C)c(-c3cnn4ccccc34)n2)cc1NC.[U]. The molecule has 37 nitrogen and oxygen atoms in total. The number of nitrogens with two attached hydrogens (primary N) is 1. The molecule has 0 saturated heterocycles. The zero-order valence-corrected chi connectivity index (χ0v) is 80.1. The molecule has 0 radical (unpaired) electrons. The minimum absolute atomic E-state index is 0. The summed E-state index contributed by atoms with van der Waals surface area (Å²) in [6.45, 7) is 11.5. The Kier molecular flexibility index (Phi) is 29.4. The molecule has 20 rings (SSSR count). The van der Waals surface area contributed by atoms with Crippen molar-refractivity contribution in [2.75, 3.05) is 71.1 Å². The van der Waals surface area contributed by atoms with Gasteiger partial charge in [-0.1, -0.05) is 53.7 Å². The molecule has 4 aromatic carbocycles. The molecule has 0 fully saturated rings. The second kappa shape index (κ2) is 43.1. The van der Waals surface area contributed by atoms with Crippen LogP contribution in [0.1, 0.15) is 33.4 Å². The predicted octanol–water partition coefficient (Wildman–Crippen LogP) is 20.5. The molecule has 20 aromatic rings. The van der Waals surface area contributed by atoms with Crippen LogP contribution in [0.15, 0.2) is 263 Å². The van der Waals surface area contributed by atoms with E-state index in [1.54, 1.807) is 97.0 Å². The summed E-state index contributed by atoms with van der Waals surface area (Å²) in [7, 11) is 6.66. The van der Waals surface area contributed by atoms with Crippen LogP contribution in [0.25, 0.3) is 89.2 Å². The van der Waals surface area contributed by atoms with E-state index in [9.17, 15) is 24.6 Å². The van der Waals surface area contributed by atoms with Gasteiger partial charge in [-0.15, -0.1) is 7.05 Å². The number of hydrogen-bond acceptors (Lipinski definition) is 29. The number of aromatic nitrogens is 22. The van der Waals surface area contributed by atoms with E-state index in [-0.39, 0.29) is 53.3 Å². The summed E-state index contributed by atoms with van der Waals surface area (Å²) >= 11 is 16.8. The van der Waals surface area contributed by atoms with Crippen molar-refractivity contribution in [1.29, 1.82) is 0 Å². The minimum atomic E-state index is -0.901. The van der Waals surface area contributed by atoms with E-state index in [1.807, 2.05) is 227 Å². The standard InChI is InChI=1S/C20H21N7.C19H16N7O2.C19H19N7.C18H13FN6O2.C12H9ClN4.C5H4Cl2N2.U/c1-13-11-23-20(25-14-7-8-16(21-2)17(10-14)22-3)26-19(13)15-12-24-27-9-5-4-6-18(15)27;1-12-10-21-19(23-13-6-7-15(20-2)17(9-13)26(27)28)24-18(12)14-11-22-25-8-4-3-5-16(14)25;1-12-10-22-19(24-13-6-7-16(21-2)15(20)9-13)25-18(12)14-11-23-26-8-4-3-5-17(14)26;1-11-9-20-18(22-12-5-6-14(19)16(8-12)25(26)27)23-17(11)13-10-21-24-7-3-2-4-15(13)24;1-8-6-14-12(13)16-11(8)9-7-15-17-5-3-2-4-10(9)17;1-3-2-8-5(7)9-4(3)6;/h4-12,21-22H,1-3H3,(H,23,25,26);3-11H,1-2H3,(H,21,23,24);3-11,21H,20H2,1-2H3,(H,22,24,25);2-10H,1H3,(H,20,22,23);2-7H,1H3;2H,1H3;/q;-1;;;;;/i/hD2. The van der Waals surface area contributed by atoms with Gasteiger partial charge in [0.2, 0.25) is 40.2 Å². The molecule has 0 bridgehead atoms. The summed E-state index contributed by atoms with van der Waals surface area (Å²) in [6.07, 6.45) is 28.6. The predicted molar refractivity (Wildman–Crippen MR) is 521 cm³/mol. The Balaban J connectivity index is 0.000000134. The molecule has 42 heteroatoms. The van der Waals surface area contributed by atoms with Crippen molar-refractivity contribution in [3.8, 4) is 56.3 Å². The van der Waals surface area contributed by atoms with Gasteiger partial charge in [-0.05, 0) is 208 Å². The third kappa shape index (κ3) is 22.3. The number of rotatable bonds is 19. The van der Waals surface area contributed by atoms with Crippen LogP contribution in [-0.2, 0) is 0 Å². The number of halogens is 4. The van der Waals surface area contributed by atoms with Gasteiger partial charge in [-0.2, -0.15) is 29.9 Å². The van der Waals surface area contributed by atoms with Crippen molar-refractivity contribution in [3.05, 3.63) is 343 Å². The zero-order valence-electron chi connectivity index (χ0n) is 75.6. The second-order valence-electron chi connectivity index (χ2n) is 29.4. The van der Waals surface area contributed by atoms with Crippen LogP contribution < -0.4 is 42.9 Å². The molecule has 9 N–H and O–H groups in total. The van der Waals surface area contributed by atoms with Gasteiger partial charge in [0.15, 0.2) is 2.82 Å². The fourth-order valence-electron chi connectivity index (χ4n) is 13.8. The van der Waals surface area contributed by atoms with Crippen molar-refractivity contribution < 1.29 is 48.2 Å². The number of hydrogen-bond donors (Lipinski definition) is 8. The van der Waals surface area contributed by atoms with Gasteiger partial charge < -0.3 is 48.3 Å². The molecule has 0 aliphatic rings. The third-order valence-electron chi connectivity index (χ3n) is 20.5. The Morgan fingerprint density at radius 2 is 0.689 bits per heavy atom. The second-order valence-corrected chi connectivity index (χ2v) is 30.5. The van der Waals surface area contributed by atoms with Crippen LogP contribution in [-0.4, -0.2) is 146 Å². The molecule has 0 spiro atoms. The van der Waals surface area contributed by atoms with Gasteiger partial charge >= 0.3 is 5.69 Å². The number of aryl methyl sites for hydroxylation is 6. The largest absolute Gasteiger partial charge is 0.681 e. The van der Waals surface area contributed by atoms with E-state index in [2.05, 4.69) is 112 Å². The monoisotopic (exact) mass is 2090 g/mol. The van der Waals surface area contributed by atoms with Crippen molar-refractivity contribution in [2.24, 2.45) is 0 Å². The molecular formula is C93H82Cl3FN33O4U-. The Hall–Kier alpha value is -16.3. The summed E-state index contributed by atoms with van der Waals surface area (Å²) in [4.78, 5) is 72.4. The van der Waals surface area contributed by atoms with Crippen LogP contribution in [0.4, 0.5) is 90.7 Å². The fourth-order valence-corrected chi connectivity index (χ4v) is 14.2. The smallest absolute Gasteiger partial charge is 0.306 e. The number of nitro benzene ring substituents is 2. The number of nitrogen functional groups attached to an aromatic ring is 1. The fraction of sp³-hybridized carbons (Fsp3) is 0.108. The molecular weight excluding hydrogens is 2010 g/mol. The Bertz CT molecular complexity index is 7800.